The number of nitrogens with zero attached hydrogens (tertiary/aromatic N) is 4. The second-order valence-corrected chi connectivity index (χ2v) is 15.3. The summed E-state index contributed by atoms with van der Waals surface area (Å²) in [6, 6.07) is 10.0. The van der Waals surface area contributed by atoms with Crippen molar-refractivity contribution in [1.29, 1.82) is 0 Å². The number of carboxylic acid groups (broad SMARTS) is 1. The van der Waals surface area contributed by atoms with Crippen LogP contribution in [0.2, 0.25) is 0 Å². The van der Waals surface area contributed by atoms with Crippen LogP contribution in [-0.2, 0) is 14.3 Å². The summed E-state index contributed by atoms with van der Waals surface area (Å²) in [5.74, 6) is 0.208. The van der Waals surface area contributed by atoms with Crippen molar-refractivity contribution in [3.05, 3.63) is 72.3 Å². The molecule has 7 rings (SSSR count). The van der Waals surface area contributed by atoms with Crippen LogP contribution in [0.5, 0.6) is 0 Å². The topological polar surface area (TPSA) is 199 Å². The third-order valence-corrected chi connectivity index (χ3v) is 10.9. The molecule has 0 radical (unpaired) electrons. The Hall–Kier alpha value is -6.19. The van der Waals surface area contributed by atoms with Crippen LogP contribution in [0.25, 0.3) is 44.8 Å². The van der Waals surface area contributed by atoms with Gasteiger partial charge in [0.15, 0.2) is 0 Å². The molecule has 0 spiro atoms. The number of hydrogen-bond acceptors (Lipinski definition) is 8. The number of benzene rings is 2. The maximum atomic E-state index is 15.8. The van der Waals surface area contributed by atoms with Crippen LogP contribution in [0.3, 0.4) is 0 Å². The highest BCUT2D eigenvalue weighted by molar-refractivity contribution is 5.88. The van der Waals surface area contributed by atoms with Gasteiger partial charge in [0.05, 0.1) is 48.5 Å². The Balaban J connectivity index is 1.06. The minimum Gasteiger partial charge on any atom is -0.465 e. The van der Waals surface area contributed by atoms with Crippen molar-refractivity contribution in [2.75, 3.05) is 20.2 Å². The molecule has 5 heterocycles. The molecule has 5 N–H and O–H groups in total. The molecule has 4 amide bonds. The van der Waals surface area contributed by atoms with Crippen LogP contribution >= 0.6 is 0 Å². The molecule has 0 saturated carbocycles. The number of imidazole rings is 2. The molecule has 300 valence electrons. The van der Waals surface area contributed by atoms with E-state index in [0.29, 0.717) is 53.8 Å². The Morgan fingerprint density at radius 2 is 1.37 bits per heavy atom. The maximum absolute atomic E-state index is 15.8. The number of amides is 4. The van der Waals surface area contributed by atoms with Crippen molar-refractivity contribution in [2.45, 2.75) is 77.5 Å². The van der Waals surface area contributed by atoms with Gasteiger partial charge in [-0.05, 0) is 73.9 Å². The number of fused-ring (bicyclic) bond motifs is 1. The number of ether oxygens (including phenoxy) is 1. The molecule has 3 aromatic heterocycles. The summed E-state index contributed by atoms with van der Waals surface area (Å²) in [6.45, 7) is 8.36. The number of alkyl carbamates (subject to hydrolysis) is 1. The molecule has 2 aliphatic rings. The normalized spacial score (nSPS) is 18.0. The summed E-state index contributed by atoms with van der Waals surface area (Å²) in [5.41, 5.74) is 3.59. The lowest BCUT2D eigenvalue weighted by atomic mass is 10.0. The van der Waals surface area contributed by atoms with Gasteiger partial charge in [0.1, 0.15) is 40.9 Å². The van der Waals surface area contributed by atoms with Crippen LogP contribution in [0.1, 0.15) is 77.1 Å². The predicted octanol–water partition coefficient (Wildman–Crippen LogP) is 7.02. The number of methoxy groups -OCH3 is 1. The van der Waals surface area contributed by atoms with Gasteiger partial charge in [0, 0.05) is 29.6 Å². The summed E-state index contributed by atoms with van der Waals surface area (Å²) in [7, 11) is 1.27. The first-order chi connectivity index (χ1) is 27.3. The van der Waals surface area contributed by atoms with Crippen molar-refractivity contribution in [3.8, 4) is 33.8 Å². The molecule has 57 heavy (non-hydrogen) atoms. The average molecular weight is 783 g/mol. The van der Waals surface area contributed by atoms with Crippen molar-refractivity contribution >= 4 is 35.0 Å². The van der Waals surface area contributed by atoms with Gasteiger partial charge in [-0.1, -0.05) is 33.8 Å². The zero-order valence-corrected chi connectivity index (χ0v) is 32.5. The summed E-state index contributed by atoms with van der Waals surface area (Å²) >= 11 is 0. The van der Waals surface area contributed by atoms with E-state index >= 15 is 4.39 Å². The van der Waals surface area contributed by atoms with Gasteiger partial charge in [0.2, 0.25) is 11.8 Å². The number of hydrogen-bond donors (Lipinski definition) is 5. The van der Waals surface area contributed by atoms with Gasteiger partial charge in [-0.2, -0.15) is 0 Å². The SMILES string of the molecule is COC(=O)N[C@H](C(=O)N1CCCC1c1ncc(-c2ccc3oc(-c4ccc(-c5cnc([C@@H]6CCCN6C(=O)[C@@H](NC(=O)O)C(C)C)[nH]5)cc4F)cc3c2)[nH]1)C(C)C. The number of carbonyl (C=O) groups excluding carboxylic acids is 3. The van der Waals surface area contributed by atoms with E-state index in [2.05, 4.69) is 30.6 Å². The summed E-state index contributed by atoms with van der Waals surface area (Å²) in [6.07, 6.45) is 4.36. The van der Waals surface area contributed by atoms with Crippen LogP contribution in [0, 0.1) is 17.7 Å². The molecule has 0 aliphatic carbocycles. The highest BCUT2D eigenvalue weighted by Gasteiger charge is 2.39. The van der Waals surface area contributed by atoms with Crippen LogP contribution in [0.15, 0.2) is 59.3 Å². The fourth-order valence-electron chi connectivity index (χ4n) is 7.86. The highest BCUT2D eigenvalue weighted by Crippen LogP contribution is 2.37. The summed E-state index contributed by atoms with van der Waals surface area (Å²) in [5, 5.41) is 15.1. The Bertz CT molecular complexity index is 2300. The van der Waals surface area contributed by atoms with E-state index in [-0.39, 0.29) is 41.3 Å². The lowest BCUT2D eigenvalue weighted by Crippen LogP contribution is -2.51. The maximum Gasteiger partial charge on any atom is 0.407 e. The molecule has 4 atom stereocenters. The molecular weight excluding hydrogens is 735 g/mol. The van der Waals surface area contributed by atoms with Crippen LogP contribution < -0.4 is 10.6 Å². The molecule has 2 fully saturated rings. The van der Waals surface area contributed by atoms with E-state index in [1.807, 2.05) is 32.0 Å². The molecule has 15 nitrogen and oxygen atoms in total. The van der Waals surface area contributed by atoms with Gasteiger partial charge in [-0.3, -0.25) is 9.59 Å². The second-order valence-electron chi connectivity index (χ2n) is 15.3. The Labute approximate surface area is 328 Å². The third-order valence-electron chi connectivity index (χ3n) is 10.9. The summed E-state index contributed by atoms with van der Waals surface area (Å²) < 4.78 is 26.6. The largest absolute Gasteiger partial charge is 0.465 e. The van der Waals surface area contributed by atoms with E-state index in [9.17, 15) is 24.3 Å². The first kappa shape index (κ1) is 39.1. The number of furan rings is 1. The molecule has 2 aromatic carbocycles. The third kappa shape index (κ3) is 7.93. The standard InChI is InChI=1S/C41H47FN8O7/c1-21(2)34(47-40(53)54)38(51)49-14-6-8-30(49)37-44-20-29(46-37)24-10-12-26(27(42)17-24)33-18-25-16-23(11-13-32(25)57-33)28-19-43-36(45-28)31-9-7-15-50(31)39(52)35(22(3)4)48-41(55)56-5/h10-13,16-22,30-31,34-35,47H,6-9,14-15H2,1-5H3,(H,43,45)(H,44,46)(H,48,55)(H,53,54)/t30-,31?,34-,35-/m0/s1. The zero-order chi connectivity index (χ0) is 40.5. The fraction of sp³-hybridized carbons (Fsp3) is 0.415. The molecule has 2 aliphatic heterocycles. The Morgan fingerprint density at radius 3 is 1.89 bits per heavy atom. The average Bonchev–Trinajstić information content (AvgIpc) is 4.03. The van der Waals surface area contributed by atoms with Crippen molar-refractivity contribution in [3.63, 3.8) is 0 Å². The molecule has 1 unspecified atom stereocenters. The second kappa shape index (κ2) is 16.1. The van der Waals surface area contributed by atoms with E-state index in [1.165, 1.54) is 13.2 Å². The van der Waals surface area contributed by atoms with Crippen molar-refractivity contribution in [1.82, 2.24) is 40.4 Å². The number of halogens is 1. The summed E-state index contributed by atoms with van der Waals surface area (Å²) in [4.78, 5) is 69.5. The first-order valence-corrected chi connectivity index (χ1v) is 19.2. The quantitative estimate of drug-likeness (QED) is 0.0935. The Kier molecular flexibility index (Phi) is 11.0. The van der Waals surface area contributed by atoms with Gasteiger partial charge >= 0.3 is 12.2 Å². The van der Waals surface area contributed by atoms with Gasteiger partial charge in [-0.15, -0.1) is 0 Å². The number of aromatic amines is 2. The highest BCUT2D eigenvalue weighted by atomic mass is 19.1. The Morgan fingerprint density at radius 1 is 0.825 bits per heavy atom. The minimum atomic E-state index is -1.25. The van der Waals surface area contributed by atoms with E-state index in [1.54, 1.807) is 54.2 Å². The lowest BCUT2D eigenvalue weighted by molar-refractivity contribution is -0.136. The van der Waals surface area contributed by atoms with Crippen LogP contribution in [0.4, 0.5) is 14.0 Å². The van der Waals surface area contributed by atoms with Gasteiger partial charge in [0.25, 0.3) is 0 Å². The van der Waals surface area contributed by atoms with E-state index in [0.717, 1.165) is 35.9 Å². The number of likely N-dealkylation sites (tertiary alicyclic amines) is 2. The number of aromatic nitrogens is 4. The van der Waals surface area contributed by atoms with E-state index < -0.39 is 30.1 Å². The van der Waals surface area contributed by atoms with Crippen LogP contribution in [-0.4, -0.2) is 91.1 Å². The molecule has 16 heteroatoms. The number of rotatable bonds is 11. The minimum absolute atomic E-state index is 0.142. The van der Waals surface area contributed by atoms with Crippen molar-refractivity contribution < 1.29 is 37.8 Å². The zero-order valence-electron chi connectivity index (χ0n) is 32.5. The smallest absolute Gasteiger partial charge is 0.407 e. The lowest BCUT2D eigenvalue weighted by Gasteiger charge is -2.30. The predicted molar refractivity (Wildman–Crippen MR) is 208 cm³/mol. The number of carbonyl (C=O) groups is 4. The molecule has 5 aromatic rings. The number of H-pyrrole nitrogens is 2. The van der Waals surface area contributed by atoms with Gasteiger partial charge < -0.3 is 44.7 Å². The fourth-order valence-corrected chi connectivity index (χ4v) is 7.86. The molecule has 2 saturated heterocycles. The first-order valence-electron chi connectivity index (χ1n) is 19.2. The monoisotopic (exact) mass is 782 g/mol. The van der Waals surface area contributed by atoms with Gasteiger partial charge in [-0.25, -0.2) is 23.9 Å². The molecular formula is C41H47FN8O7. The van der Waals surface area contributed by atoms with Crippen molar-refractivity contribution in [2.24, 2.45) is 11.8 Å². The number of nitrogens with one attached hydrogen (secondary N) is 4. The molecule has 0 bridgehead atoms. The van der Waals surface area contributed by atoms with E-state index in [4.69, 9.17) is 9.15 Å².